The molecule has 0 aliphatic rings. The zero-order valence-electron chi connectivity index (χ0n) is 10.8. The Bertz CT molecular complexity index is 688. The minimum Gasteiger partial charge on any atom is -0.399 e. The molecular weight excluding hydrogens is 236 g/mol. The van der Waals surface area contributed by atoms with Crippen LogP contribution in [0.1, 0.15) is 6.92 Å². The number of hydrogen-bond acceptors (Lipinski definition) is 3. The number of rotatable bonds is 3. The minimum atomic E-state index is 0.741. The smallest absolute Gasteiger partial charge is 0.208 e. The zero-order valence-corrected chi connectivity index (χ0v) is 10.8. The number of hydrogen-bond donors (Lipinski definition) is 2. The summed E-state index contributed by atoms with van der Waals surface area (Å²) in [6.45, 7) is 2.95. The van der Waals surface area contributed by atoms with Crippen LogP contribution in [-0.2, 0) is 0 Å². The van der Waals surface area contributed by atoms with E-state index in [1.54, 1.807) is 0 Å². The minimum absolute atomic E-state index is 0.741. The first-order valence-corrected chi connectivity index (χ1v) is 6.36. The van der Waals surface area contributed by atoms with Crippen molar-refractivity contribution in [2.24, 2.45) is 0 Å². The number of aromatic amines is 1. The fraction of sp³-hybridized carbons (Fsp3) is 0.133. The normalized spacial score (nSPS) is 10.8. The van der Waals surface area contributed by atoms with Gasteiger partial charge in [0.25, 0.3) is 0 Å². The van der Waals surface area contributed by atoms with E-state index in [4.69, 9.17) is 5.73 Å². The third kappa shape index (κ3) is 2.12. The van der Waals surface area contributed by atoms with E-state index >= 15 is 0 Å². The fourth-order valence-electron chi connectivity index (χ4n) is 2.20. The van der Waals surface area contributed by atoms with Crippen LogP contribution < -0.4 is 10.6 Å². The molecule has 1 aromatic heterocycles. The molecule has 96 valence electrons. The van der Waals surface area contributed by atoms with Gasteiger partial charge in [-0.1, -0.05) is 18.2 Å². The second-order valence-corrected chi connectivity index (χ2v) is 4.42. The van der Waals surface area contributed by atoms with Gasteiger partial charge in [0.1, 0.15) is 0 Å². The number of nitrogen functional groups attached to an aromatic ring is 1. The first-order valence-electron chi connectivity index (χ1n) is 6.36. The Kier molecular flexibility index (Phi) is 2.83. The lowest BCUT2D eigenvalue weighted by molar-refractivity contribution is 0.975. The van der Waals surface area contributed by atoms with E-state index in [1.807, 2.05) is 36.4 Å². The quantitative estimate of drug-likeness (QED) is 0.703. The summed E-state index contributed by atoms with van der Waals surface area (Å²) in [5.74, 6) is 0.842. The average Bonchev–Trinajstić information content (AvgIpc) is 2.83. The Hall–Kier alpha value is -2.49. The standard InChI is InChI=1S/C15H16N4/c1-2-19(12-6-4-3-5-7-12)15-17-13-9-8-11(16)10-14(13)18-15/h3-10H,2,16H2,1H3,(H,17,18). The molecule has 19 heavy (non-hydrogen) atoms. The maximum Gasteiger partial charge on any atom is 0.208 e. The average molecular weight is 252 g/mol. The van der Waals surface area contributed by atoms with E-state index in [0.717, 1.165) is 34.9 Å². The van der Waals surface area contributed by atoms with E-state index in [-0.39, 0.29) is 0 Å². The maximum absolute atomic E-state index is 5.79. The number of para-hydroxylation sites is 1. The van der Waals surface area contributed by atoms with Crippen LogP contribution in [0.4, 0.5) is 17.3 Å². The highest BCUT2D eigenvalue weighted by atomic mass is 15.3. The van der Waals surface area contributed by atoms with E-state index in [0.29, 0.717) is 0 Å². The Labute approximate surface area is 111 Å². The van der Waals surface area contributed by atoms with Crippen molar-refractivity contribution in [3.05, 3.63) is 48.5 Å². The predicted octanol–water partition coefficient (Wildman–Crippen LogP) is 3.30. The lowest BCUT2D eigenvalue weighted by atomic mass is 10.3. The van der Waals surface area contributed by atoms with Crippen molar-refractivity contribution in [3.8, 4) is 0 Å². The van der Waals surface area contributed by atoms with Crippen molar-refractivity contribution < 1.29 is 0 Å². The third-order valence-electron chi connectivity index (χ3n) is 3.13. The molecule has 2 aromatic carbocycles. The number of fused-ring (bicyclic) bond motifs is 1. The van der Waals surface area contributed by atoms with Crippen LogP contribution in [-0.4, -0.2) is 16.5 Å². The van der Waals surface area contributed by atoms with Crippen LogP contribution in [0.5, 0.6) is 0 Å². The second kappa shape index (κ2) is 4.65. The number of nitrogens with one attached hydrogen (secondary N) is 1. The van der Waals surface area contributed by atoms with Crippen LogP contribution in [0.2, 0.25) is 0 Å². The van der Waals surface area contributed by atoms with Crippen molar-refractivity contribution >= 4 is 28.4 Å². The summed E-state index contributed by atoms with van der Waals surface area (Å²) in [5.41, 5.74) is 9.55. The van der Waals surface area contributed by atoms with Crippen molar-refractivity contribution in [2.45, 2.75) is 6.92 Å². The lowest BCUT2D eigenvalue weighted by Crippen LogP contribution is -2.17. The molecule has 0 saturated heterocycles. The van der Waals surface area contributed by atoms with Crippen molar-refractivity contribution in [3.63, 3.8) is 0 Å². The van der Waals surface area contributed by atoms with Gasteiger partial charge in [-0.2, -0.15) is 0 Å². The SMILES string of the molecule is CCN(c1ccccc1)c1nc2ccc(N)cc2[nH]1. The van der Waals surface area contributed by atoms with Gasteiger partial charge >= 0.3 is 0 Å². The van der Waals surface area contributed by atoms with E-state index in [9.17, 15) is 0 Å². The first-order chi connectivity index (χ1) is 9.28. The summed E-state index contributed by atoms with van der Waals surface area (Å²) in [7, 11) is 0. The van der Waals surface area contributed by atoms with E-state index < -0.39 is 0 Å². The van der Waals surface area contributed by atoms with Gasteiger partial charge in [0.05, 0.1) is 11.0 Å². The van der Waals surface area contributed by atoms with Gasteiger partial charge in [-0.15, -0.1) is 0 Å². The molecule has 0 unspecified atom stereocenters. The number of imidazole rings is 1. The first kappa shape index (κ1) is 11.6. The highest BCUT2D eigenvalue weighted by Crippen LogP contribution is 2.25. The number of aromatic nitrogens is 2. The summed E-state index contributed by atoms with van der Waals surface area (Å²) in [6.07, 6.45) is 0. The van der Waals surface area contributed by atoms with Crippen LogP contribution in [0.3, 0.4) is 0 Å². The topological polar surface area (TPSA) is 57.9 Å². The van der Waals surface area contributed by atoms with E-state index in [2.05, 4.69) is 33.9 Å². The number of benzene rings is 2. The van der Waals surface area contributed by atoms with Gasteiger partial charge in [0.2, 0.25) is 5.95 Å². The number of nitrogens with two attached hydrogens (primary N) is 1. The van der Waals surface area contributed by atoms with Gasteiger partial charge in [-0.3, -0.25) is 0 Å². The molecule has 0 bridgehead atoms. The molecule has 0 radical (unpaired) electrons. The van der Waals surface area contributed by atoms with Gasteiger partial charge in [-0.25, -0.2) is 4.98 Å². The summed E-state index contributed by atoms with van der Waals surface area (Å²) < 4.78 is 0. The summed E-state index contributed by atoms with van der Waals surface area (Å²) in [5, 5.41) is 0. The molecule has 0 amide bonds. The Balaban J connectivity index is 2.07. The molecule has 0 saturated carbocycles. The van der Waals surface area contributed by atoms with Crippen LogP contribution >= 0.6 is 0 Å². The number of anilines is 3. The molecule has 3 aromatic rings. The molecule has 4 heteroatoms. The molecule has 0 atom stereocenters. The van der Waals surface area contributed by atoms with Crippen LogP contribution in [0.25, 0.3) is 11.0 Å². The monoisotopic (exact) mass is 252 g/mol. The summed E-state index contributed by atoms with van der Waals surface area (Å²) in [6, 6.07) is 15.9. The molecule has 0 spiro atoms. The third-order valence-corrected chi connectivity index (χ3v) is 3.13. The predicted molar refractivity (Wildman–Crippen MR) is 79.6 cm³/mol. The molecule has 4 nitrogen and oxygen atoms in total. The van der Waals surface area contributed by atoms with E-state index in [1.165, 1.54) is 0 Å². The molecule has 0 fully saturated rings. The fourth-order valence-corrected chi connectivity index (χ4v) is 2.20. The number of H-pyrrole nitrogens is 1. The molecule has 1 heterocycles. The number of nitrogens with zero attached hydrogens (tertiary/aromatic N) is 2. The summed E-state index contributed by atoms with van der Waals surface area (Å²) >= 11 is 0. The van der Waals surface area contributed by atoms with Crippen LogP contribution in [0.15, 0.2) is 48.5 Å². The van der Waals surface area contributed by atoms with Gasteiger partial charge in [0.15, 0.2) is 0 Å². The Morgan fingerprint density at radius 1 is 1.16 bits per heavy atom. The van der Waals surface area contributed by atoms with Crippen molar-refractivity contribution in [1.29, 1.82) is 0 Å². The van der Waals surface area contributed by atoms with Crippen molar-refractivity contribution in [1.82, 2.24) is 9.97 Å². The second-order valence-electron chi connectivity index (χ2n) is 4.42. The molecular formula is C15H16N4. The van der Waals surface area contributed by atoms with Gasteiger partial charge in [-0.05, 0) is 37.3 Å². The van der Waals surface area contributed by atoms with Gasteiger partial charge in [0, 0.05) is 17.9 Å². The molecule has 0 aliphatic heterocycles. The van der Waals surface area contributed by atoms with Crippen LogP contribution in [0, 0.1) is 0 Å². The maximum atomic E-state index is 5.79. The highest BCUT2D eigenvalue weighted by molar-refractivity contribution is 5.81. The molecule has 0 aliphatic carbocycles. The Morgan fingerprint density at radius 3 is 2.68 bits per heavy atom. The molecule has 3 rings (SSSR count). The largest absolute Gasteiger partial charge is 0.399 e. The lowest BCUT2D eigenvalue weighted by Gasteiger charge is -2.19. The highest BCUT2D eigenvalue weighted by Gasteiger charge is 2.11. The van der Waals surface area contributed by atoms with Crippen molar-refractivity contribution in [2.75, 3.05) is 17.2 Å². The van der Waals surface area contributed by atoms with Gasteiger partial charge < -0.3 is 15.6 Å². The summed E-state index contributed by atoms with van der Waals surface area (Å²) in [4.78, 5) is 10.1. The Morgan fingerprint density at radius 2 is 1.95 bits per heavy atom. The zero-order chi connectivity index (χ0) is 13.2. The molecule has 3 N–H and O–H groups in total.